The number of hydrogen-bond acceptors (Lipinski definition) is 2. The number of unbranched alkanes of at least 4 members (excludes halogenated alkanes) is 1. The Morgan fingerprint density at radius 1 is 1.38 bits per heavy atom. The number of thiophene rings is 1. The molecule has 1 rings (SSSR count). The molecule has 0 aliphatic heterocycles. The Morgan fingerprint density at radius 2 is 2.12 bits per heavy atom. The number of hydrogen-bond donors (Lipinski definition) is 1. The van der Waals surface area contributed by atoms with Gasteiger partial charge in [0.25, 0.3) is 0 Å². The minimum atomic E-state index is -0.216. The lowest BCUT2D eigenvalue weighted by Crippen LogP contribution is -2.22. The predicted molar refractivity (Wildman–Crippen MR) is 72.3 cm³/mol. The van der Waals surface area contributed by atoms with Crippen molar-refractivity contribution in [3.63, 3.8) is 0 Å². The van der Waals surface area contributed by atoms with Gasteiger partial charge in [-0.3, -0.25) is 0 Å². The summed E-state index contributed by atoms with van der Waals surface area (Å²) in [6, 6.07) is 3.92. The lowest BCUT2D eigenvalue weighted by atomic mass is 9.91. The standard InChI is InChI=1S/C13H21ClOS/c1-3-5-6-10(4-2)12(15)9-11-7-8-13(14)16-11/h7-8,10,12,15H,3-6,9H2,1-2H3. The Labute approximate surface area is 107 Å². The van der Waals surface area contributed by atoms with Crippen LogP contribution in [0.2, 0.25) is 4.34 Å². The summed E-state index contributed by atoms with van der Waals surface area (Å²) in [5.74, 6) is 0.431. The summed E-state index contributed by atoms with van der Waals surface area (Å²) in [5, 5.41) is 10.2. The van der Waals surface area contributed by atoms with Gasteiger partial charge in [-0.15, -0.1) is 11.3 Å². The molecule has 1 heterocycles. The van der Waals surface area contributed by atoms with E-state index in [9.17, 15) is 5.11 Å². The lowest BCUT2D eigenvalue weighted by Gasteiger charge is -2.20. The van der Waals surface area contributed by atoms with Gasteiger partial charge >= 0.3 is 0 Å². The van der Waals surface area contributed by atoms with E-state index in [1.165, 1.54) is 17.7 Å². The Kier molecular flexibility index (Phi) is 6.40. The van der Waals surface area contributed by atoms with Gasteiger partial charge in [0.05, 0.1) is 10.4 Å². The van der Waals surface area contributed by atoms with Crippen LogP contribution in [0.15, 0.2) is 12.1 Å². The van der Waals surface area contributed by atoms with Crippen LogP contribution in [0.25, 0.3) is 0 Å². The predicted octanol–water partition coefficient (Wildman–Crippen LogP) is 4.52. The highest BCUT2D eigenvalue weighted by atomic mass is 35.5. The van der Waals surface area contributed by atoms with Crippen molar-refractivity contribution in [3.8, 4) is 0 Å². The van der Waals surface area contributed by atoms with Crippen LogP contribution >= 0.6 is 22.9 Å². The zero-order valence-electron chi connectivity index (χ0n) is 10.1. The molecule has 0 amide bonds. The molecule has 0 spiro atoms. The Morgan fingerprint density at radius 3 is 2.62 bits per heavy atom. The highest BCUT2D eigenvalue weighted by Crippen LogP contribution is 2.26. The normalized spacial score (nSPS) is 15.0. The van der Waals surface area contributed by atoms with Crippen LogP contribution in [0.4, 0.5) is 0 Å². The summed E-state index contributed by atoms with van der Waals surface area (Å²) >= 11 is 7.45. The average Bonchev–Trinajstić information content (AvgIpc) is 2.65. The molecule has 3 heteroatoms. The molecule has 0 radical (unpaired) electrons. The van der Waals surface area contributed by atoms with Crippen LogP contribution in [-0.4, -0.2) is 11.2 Å². The molecule has 1 aromatic heterocycles. The zero-order valence-corrected chi connectivity index (χ0v) is 11.7. The second-order valence-electron chi connectivity index (χ2n) is 4.29. The third-order valence-electron chi connectivity index (χ3n) is 3.04. The van der Waals surface area contributed by atoms with E-state index in [4.69, 9.17) is 11.6 Å². The fraction of sp³-hybridized carbons (Fsp3) is 0.692. The number of halogens is 1. The molecule has 0 bridgehead atoms. The maximum atomic E-state index is 10.2. The number of rotatable bonds is 7. The SMILES string of the molecule is CCCCC(CC)C(O)Cc1ccc(Cl)s1. The Balaban J connectivity index is 2.45. The van der Waals surface area contributed by atoms with Crippen molar-refractivity contribution >= 4 is 22.9 Å². The minimum absolute atomic E-state index is 0.216. The highest BCUT2D eigenvalue weighted by molar-refractivity contribution is 7.16. The fourth-order valence-electron chi connectivity index (χ4n) is 1.97. The van der Waals surface area contributed by atoms with Crippen LogP contribution in [-0.2, 0) is 6.42 Å². The van der Waals surface area contributed by atoms with Crippen molar-refractivity contribution in [2.75, 3.05) is 0 Å². The van der Waals surface area contributed by atoms with E-state index >= 15 is 0 Å². The van der Waals surface area contributed by atoms with E-state index in [1.807, 2.05) is 12.1 Å². The van der Waals surface area contributed by atoms with Crippen LogP contribution in [0.3, 0.4) is 0 Å². The first-order valence-electron chi connectivity index (χ1n) is 6.09. The molecule has 1 aromatic rings. The Bertz CT molecular complexity index is 298. The van der Waals surface area contributed by atoms with Gasteiger partial charge in [0, 0.05) is 11.3 Å². The van der Waals surface area contributed by atoms with Gasteiger partial charge in [0.2, 0.25) is 0 Å². The topological polar surface area (TPSA) is 20.2 Å². The molecule has 1 nitrogen and oxygen atoms in total. The summed E-state index contributed by atoms with van der Waals surface area (Å²) in [4.78, 5) is 1.19. The third-order valence-corrected chi connectivity index (χ3v) is 4.29. The summed E-state index contributed by atoms with van der Waals surface area (Å²) in [5.41, 5.74) is 0. The second-order valence-corrected chi connectivity index (χ2v) is 6.09. The smallest absolute Gasteiger partial charge is 0.0931 e. The molecule has 16 heavy (non-hydrogen) atoms. The van der Waals surface area contributed by atoms with Crippen molar-refractivity contribution < 1.29 is 5.11 Å². The molecular formula is C13H21ClOS. The molecule has 0 fully saturated rings. The molecule has 0 aromatic carbocycles. The average molecular weight is 261 g/mol. The van der Waals surface area contributed by atoms with Gasteiger partial charge in [-0.2, -0.15) is 0 Å². The molecule has 2 atom stereocenters. The molecule has 0 saturated carbocycles. The molecule has 1 N–H and O–H groups in total. The van der Waals surface area contributed by atoms with Gasteiger partial charge in [-0.1, -0.05) is 44.7 Å². The highest BCUT2D eigenvalue weighted by Gasteiger charge is 2.17. The van der Waals surface area contributed by atoms with E-state index in [2.05, 4.69) is 13.8 Å². The quantitative estimate of drug-likeness (QED) is 0.764. The van der Waals surface area contributed by atoms with Crippen molar-refractivity contribution in [1.82, 2.24) is 0 Å². The van der Waals surface area contributed by atoms with Crippen LogP contribution in [0, 0.1) is 5.92 Å². The molecule has 0 aliphatic carbocycles. The number of aliphatic hydroxyl groups excluding tert-OH is 1. The monoisotopic (exact) mass is 260 g/mol. The maximum Gasteiger partial charge on any atom is 0.0931 e. The van der Waals surface area contributed by atoms with E-state index < -0.39 is 0 Å². The van der Waals surface area contributed by atoms with E-state index in [-0.39, 0.29) is 6.10 Å². The van der Waals surface area contributed by atoms with Crippen molar-refractivity contribution in [1.29, 1.82) is 0 Å². The van der Waals surface area contributed by atoms with Gasteiger partial charge in [-0.05, 0) is 24.5 Å². The summed E-state index contributed by atoms with van der Waals surface area (Å²) in [6.07, 6.45) is 5.13. The van der Waals surface area contributed by atoms with Crippen molar-refractivity contribution in [2.45, 2.75) is 52.1 Å². The molecule has 0 saturated heterocycles. The van der Waals surface area contributed by atoms with Gasteiger partial charge in [-0.25, -0.2) is 0 Å². The number of aliphatic hydroxyl groups is 1. The second kappa shape index (κ2) is 7.31. The van der Waals surface area contributed by atoms with Gasteiger partial charge in [0.15, 0.2) is 0 Å². The van der Waals surface area contributed by atoms with E-state index in [1.54, 1.807) is 11.3 Å². The van der Waals surface area contributed by atoms with Gasteiger partial charge in [0.1, 0.15) is 0 Å². The van der Waals surface area contributed by atoms with E-state index in [0.29, 0.717) is 5.92 Å². The first kappa shape index (κ1) is 14.0. The van der Waals surface area contributed by atoms with Gasteiger partial charge < -0.3 is 5.11 Å². The van der Waals surface area contributed by atoms with Crippen LogP contribution in [0.5, 0.6) is 0 Å². The van der Waals surface area contributed by atoms with Crippen LogP contribution in [0.1, 0.15) is 44.4 Å². The lowest BCUT2D eigenvalue weighted by molar-refractivity contribution is 0.0995. The maximum absolute atomic E-state index is 10.2. The van der Waals surface area contributed by atoms with Crippen LogP contribution < -0.4 is 0 Å². The molecule has 2 unspecified atom stereocenters. The first-order chi connectivity index (χ1) is 7.67. The molecular weight excluding hydrogens is 240 g/mol. The van der Waals surface area contributed by atoms with Crippen molar-refractivity contribution in [2.24, 2.45) is 5.92 Å². The summed E-state index contributed by atoms with van der Waals surface area (Å²) < 4.78 is 0.809. The Hall–Kier alpha value is -0.0500. The van der Waals surface area contributed by atoms with E-state index in [0.717, 1.165) is 23.6 Å². The van der Waals surface area contributed by atoms with Crippen molar-refractivity contribution in [3.05, 3.63) is 21.3 Å². The fourth-order valence-corrected chi connectivity index (χ4v) is 3.11. The molecule has 0 aliphatic rings. The first-order valence-corrected chi connectivity index (χ1v) is 7.29. The summed E-state index contributed by atoms with van der Waals surface area (Å²) in [7, 11) is 0. The summed E-state index contributed by atoms with van der Waals surface area (Å²) in [6.45, 7) is 4.35. The third kappa shape index (κ3) is 4.44. The minimum Gasteiger partial charge on any atom is -0.392 e. The molecule has 92 valence electrons. The zero-order chi connectivity index (χ0) is 12.0. The largest absolute Gasteiger partial charge is 0.392 e.